The number of hydrogen-bond donors (Lipinski definition) is 0. The number of benzene rings is 2. The molecule has 2 aromatic carbocycles. The number of ether oxygens (including phenoxy) is 1. The highest BCUT2D eigenvalue weighted by Gasteiger charge is 2.22. The monoisotopic (exact) mass is 364 g/mol. The van der Waals surface area contributed by atoms with E-state index in [1.807, 2.05) is 12.1 Å². The number of nitrogens with zero attached hydrogens (tertiary/aromatic N) is 2. The van der Waals surface area contributed by atoms with E-state index in [2.05, 4.69) is 4.98 Å². The van der Waals surface area contributed by atoms with E-state index in [1.54, 1.807) is 25.3 Å². The van der Waals surface area contributed by atoms with Crippen molar-refractivity contribution >= 4 is 28.2 Å². The fourth-order valence-corrected chi connectivity index (χ4v) is 2.63. The van der Waals surface area contributed by atoms with Gasteiger partial charge in [-0.1, -0.05) is 24.3 Å². The van der Waals surface area contributed by atoms with Gasteiger partial charge in [0.05, 0.1) is 22.1 Å². The topological polar surface area (TPSA) is 99.4 Å². The number of Topliss-reactive ketones (excluding diaryl/α,β-unsaturated/α-hetero) is 1. The van der Waals surface area contributed by atoms with Crippen molar-refractivity contribution in [1.29, 1.82) is 0 Å². The molecule has 0 aliphatic heterocycles. The molecule has 0 bridgehead atoms. The lowest BCUT2D eigenvalue weighted by Gasteiger charge is -2.15. The van der Waals surface area contributed by atoms with Crippen LogP contribution in [0.25, 0.3) is 10.8 Å². The van der Waals surface area contributed by atoms with Crippen molar-refractivity contribution in [3.05, 3.63) is 76.1 Å². The Balaban J connectivity index is 2.04. The van der Waals surface area contributed by atoms with Gasteiger partial charge in [-0.3, -0.25) is 19.9 Å². The number of non-ortho nitro benzene ring substituents is 1. The first-order chi connectivity index (χ1) is 12.9. The molecule has 0 fully saturated rings. The van der Waals surface area contributed by atoms with E-state index < -0.39 is 16.8 Å². The van der Waals surface area contributed by atoms with Crippen molar-refractivity contribution < 1.29 is 19.2 Å². The Bertz CT molecular complexity index is 1040. The highest BCUT2D eigenvalue weighted by molar-refractivity contribution is 5.97. The van der Waals surface area contributed by atoms with Crippen LogP contribution in [-0.4, -0.2) is 21.7 Å². The number of fused-ring (bicyclic) bond motifs is 1. The molecule has 136 valence electrons. The van der Waals surface area contributed by atoms with Gasteiger partial charge in [0.25, 0.3) is 5.69 Å². The van der Waals surface area contributed by atoms with Gasteiger partial charge in [-0.2, -0.15) is 0 Å². The van der Waals surface area contributed by atoms with Crippen molar-refractivity contribution in [3.8, 4) is 5.75 Å². The Morgan fingerprint density at radius 1 is 1.11 bits per heavy atom. The van der Waals surface area contributed by atoms with Crippen LogP contribution in [0.3, 0.4) is 0 Å². The number of nitro groups is 1. The van der Waals surface area contributed by atoms with Crippen LogP contribution in [0.5, 0.6) is 5.75 Å². The van der Waals surface area contributed by atoms with Crippen LogP contribution in [-0.2, 0) is 4.79 Å². The molecular formula is C20H16N2O5. The summed E-state index contributed by atoms with van der Waals surface area (Å²) in [4.78, 5) is 39.0. The Morgan fingerprint density at radius 2 is 1.78 bits per heavy atom. The molecule has 7 heteroatoms. The smallest absolute Gasteiger partial charge is 0.343 e. The summed E-state index contributed by atoms with van der Waals surface area (Å²) in [6, 6.07) is 12.4. The lowest BCUT2D eigenvalue weighted by molar-refractivity contribution is -0.384. The van der Waals surface area contributed by atoms with E-state index in [0.29, 0.717) is 11.1 Å². The molecule has 7 nitrogen and oxygen atoms in total. The van der Waals surface area contributed by atoms with Crippen LogP contribution in [0.4, 0.5) is 5.69 Å². The van der Waals surface area contributed by atoms with Crippen LogP contribution < -0.4 is 4.74 Å². The third-order valence-corrected chi connectivity index (χ3v) is 4.31. The van der Waals surface area contributed by atoms with E-state index in [-0.39, 0.29) is 22.8 Å². The van der Waals surface area contributed by atoms with Gasteiger partial charge in [-0.25, -0.2) is 4.79 Å². The zero-order valence-electron chi connectivity index (χ0n) is 14.7. The zero-order valence-corrected chi connectivity index (χ0v) is 14.7. The minimum absolute atomic E-state index is 0.106. The van der Waals surface area contributed by atoms with Crippen molar-refractivity contribution in [3.63, 3.8) is 0 Å². The summed E-state index contributed by atoms with van der Waals surface area (Å²) in [7, 11) is 0. The Morgan fingerprint density at radius 3 is 2.41 bits per heavy atom. The molecule has 0 amide bonds. The van der Waals surface area contributed by atoms with Gasteiger partial charge < -0.3 is 4.74 Å². The third-order valence-electron chi connectivity index (χ3n) is 4.31. The lowest BCUT2D eigenvalue weighted by Crippen LogP contribution is -2.14. The Kier molecular flexibility index (Phi) is 4.94. The maximum atomic E-state index is 12.6. The molecule has 1 unspecified atom stereocenters. The number of pyridine rings is 1. The number of carbonyl (C=O) groups excluding carboxylic acids is 2. The van der Waals surface area contributed by atoms with Crippen LogP contribution >= 0.6 is 0 Å². The Labute approximate surface area is 154 Å². The molecule has 0 N–H and O–H groups in total. The van der Waals surface area contributed by atoms with E-state index in [1.165, 1.54) is 31.2 Å². The first kappa shape index (κ1) is 18.2. The minimum Gasteiger partial charge on any atom is -0.420 e. The van der Waals surface area contributed by atoms with Crippen LogP contribution in [0, 0.1) is 10.1 Å². The van der Waals surface area contributed by atoms with E-state index in [4.69, 9.17) is 4.74 Å². The number of aromatic nitrogens is 1. The first-order valence-electron chi connectivity index (χ1n) is 8.23. The van der Waals surface area contributed by atoms with E-state index >= 15 is 0 Å². The maximum absolute atomic E-state index is 12.6. The van der Waals surface area contributed by atoms with Gasteiger partial charge in [-0.15, -0.1) is 0 Å². The summed E-state index contributed by atoms with van der Waals surface area (Å²) in [5.41, 5.74) is 0.413. The molecule has 1 heterocycles. The summed E-state index contributed by atoms with van der Waals surface area (Å²) < 4.78 is 5.59. The average molecular weight is 364 g/mol. The highest BCUT2D eigenvalue weighted by atomic mass is 16.6. The fourth-order valence-electron chi connectivity index (χ4n) is 2.63. The van der Waals surface area contributed by atoms with Gasteiger partial charge in [0.2, 0.25) is 0 Å². The van der Waals surface area contributed by atoms with Gasteiger partial charge in [0.15, 0.2) is 5.75 Å². The third kappa shape index (κ3) is 3.67. The standard InChI is InChI=1S/C20H16N2O5/c1-12(13(2)23)18-19(17-6-4-3-5-15(17)11-21-18)27-20(24)14-7-9-16(10-8-14)22(25)26/h3-12H,1-2H3. The molecule has 1 aromatic heterocycles. The molecule has 0 aliphatic rings. The van der Waals surface area contributed by atoms with Crippen molar-refractivity contribution in [2.75, 3.05) is 0 Å². The summed E-state index contributed by atoms with van der Waals surface area (Å²) in [5.74, 6) is -1.11. The number of esters is 1. The molecule has 3 rings (SSSR count). The maximum Gasteiger partial charge on any atom is 0.343 e. The van der Waals surface area contributed by atoms with Crippen molar-refractivity contribution in [1.82, 2.24) is 4.98 Å². The van der Waals surface area contributed by atoms with Crippen molar-refractivity contribution in [2.24, 2.45) is 0 Å². The summed E-state index contributed by atoms with van der Waals surface area (Å²) in [6.45, 7) is 3.14. The molecule has 3 aromatic rings. The van der Waals surface area contributed by atoms with Crippen LogP contribution in [0.1, 0.15) is 35.8 Å². The second-order valence-corrected chi connectivity index (χ2v) is 6.09. The number of ketones is 1. The molecule has 0 spiro atoms. The van der Waals surface area contributed by atoms with Crippen molar-refractivity contribution in [2.45, 2.75) is 19.8 Å². The summed E-state index contributed by atoms with van der Waals surface area (Å²) in [6.07, 6.45) is 1.63. The quantitative estimate of drug-likeness (QED) is 0.385. The van der Waals surface area contributed by atoms with Gasteiger partial charge in [-0.05, 0) is 26.0 Å². The molecule has 0 radical (unpaired) electrons. The largest absolute Gasteiger partial charge is 0.420 e. The predicted molar refractivity (Wildman–Crippen MR) is 98.9 cm³/mol. The second-order valence-electron chi connectivity index (χ2n) is 6.09. The SMILES string of the molecule is CC(=O)C(C)c1ncc2ccccc2c1OC(=O)c1ccc([N+](=O)[O-])cc1. The van der Waals surface area contributed by atoms with Crippen LogP contribution in [0.2, 0.25) is 0 Å². The minimum atomic E-state index is -0.681. The number of carbonyl (C=O) groups is 2. The van der Waals surface area contributed by atoms with E-state index in [9.17, 15) is 19.7 Å². The summed E-state index contributed by atoms with van der Waals surface area (Å²) >= 11 is 0. The molecule has 0 saturated carbocycles. The molecular weight excluding hydrogens is 348 g/mol. The lowest BCUT2D eigenvalue weighted by atomic mass is 9.99. The number of nitro benzene ring substituents is 1. The van der Waals surface area contributed by atoms with Gasteiger partial charge in [0, 0.05) is 29.1 Å². The molecule has 27 heavy (non-hydrogen) atoms. The molecule has 1 atom stereocenters. The molecule has 0 aliphatic carbocycles. The van der Waals surface area contributed by atoms with Gasteiger partial charge >= 0.3 is 5.97 Å². The number of rotatable bonds is 5. The van der Waals surface area contributed by atoms with Gasteiger partial charge in [0.1, 0.15) is 5.78 Å². The second kappa shape index (κ2) is 7.33. The zero-order chi connectivity index (χ0) is 19.6. The first-order valence-corrected chi connectivity index (χ1v) is 8.23. The Hall–Kier alpha value is -3.61. The predicted octanol–water partition coefficient (Wildman–Crippen LogP) is 4.05. The number of hydrogen-bond acceptors (Lipinski definition) is 6. The van der Waals surface area contributed by atoms with Crippen LogP contribution in [0.15, 0.2) is 54.7 Å². The summed E-state index contributed by atoms with van der Waals surface area (Å²) in [5, 5.41) is 12.2. The highest BCUT2D eigenvalue weighted by Crippen LogP contribution is 2.33. The average Bonchev–Trinajstić information content (AvgIpc) is 2.67. The normalized spacial score (nSPS) is 11.8. The van der Waals surface area contributed by atoms with E-state index in [0.717, 1.165) is 5.39 Å². The fraction of sp³-hybridized carbons (Fsp3) is 0.150. The molecule has 0 saturated heterocycles.